The highest BCUT2D eigenvalue weighted by Gasteiger charge is 2.34. The molecule has 3 heterocycles. The normalized spacial score (nSPS) is 16.8. The third-order valence-corrected chi connectivity index (χ3v) is 6.19. The summed E-state index contributed by atoms with van der Waals surface area (Å²) >= 11 is 1.36. The first-order valence-corrected chi connectivity index (χ1v) is 11.4. The molecular formula is C20H22B3N5O5S. The van der Waals surface area contributed by atoms with Crippen LogP contribution in [0.3, 0.4) is 0 Å². The van der Waals surface area contributed by atoms with Crippen LogP contribution in [0.5, 0.6) is 5.75 Å². The summed E-state index contributed by atoms with van der Waals surface area (Å²) in [6.45, 7) is 2.50. The Kier molecular flexibility index (Phi) is 7.10. The largest absolute Gasteiger partial charge is 0.516 e. The third kappa shape index (κ3) is 5.51. The van der Waals surface area contributed by atoms with Gasteiger partial charge in [0, 0.05) is 26.1 Å². The van der Waals surface area contributed by atoms with Gasteiger partial charge in [-0.05, 0) is 24.4 Å². The zero-order valence-corrected chi connectivity index (χ0v) is 19.6. The number of carbonyl (C=O) groups is 1. The van der Waals surface area contributed by atoms with E-state index < -0.39 is 11.3 Å². The summed E-state index contributed by atoms with van der Waals surface area (Å²) in [5, 5.41) is 13.1. The average molecular weight is 477 g/mol. The first-order chi connectivity index (χ1) is 16.2. The van der Waals surface area contributed by atoms with Crippen LogP contribution in [0.25, 0.3) is 11.1 Å². The fraction of sp³-hybridized carbons (Fsp3) is 0.450. The van der Waals surface area contributed by atoms with E-state index in [1.807, 2.05) is 4.90 Å². The highest BCUT2D eigenvalue weighted by molar-refractivity contribution is 7.16. The van der Waals surface area contributed by atoms with E-state index in [0.717, 1.165) is 10.6 Å². The molecule has 34 heavy (non-hydrogen) atoms. The Morgan fingerprint density at radius 3 is 2.91 bits per heavy atom. The molecule has 14 heteroatoms. The van der Waals surface area contributed by atoms with Crippen LogP contribution in [0.15, 0.2) is 22.6 Å². The smallest absolute Gasteiger partial charge is 0.321 e. The maximum absolute atomic E-state index is 12.1. The first-order valence-electron chi connectivity index (χ1n) is 10.6. The number of aromatic nitrogens is 2. The minimum absolute atomic E-state index is 0.156. The first kappa shape index (κ1) is 24.4. The van der Waals surface area contributed by atoms with Crippen molar-refractivity contribution in [2.45, 2.75) is 30.7 Å². The Morgan fingerprint density at radius 1 is 1.41 bits per heavy atom. The number of carbonyl (C=O) groups excluding carboxylic acids is 1. The SMILES string of the molecule is [B]C([B])([B])Oc1ccc2oc(N3CCc4nc(NC(=O)N[C@H](C)CO)sc4[C@@H]3COC)nc2c1. The summed E-state index contributed by atoms with van der Waals surface area (Å²) in [4.78, 5) is 24.3. The number of aliphatic hydroxyl groups is 1. The van der Waals surface area contributed by atoms with Gasteiger partial charge in [-0.2, -0.15) is 4.98 Å². The van der Waals surface area contributed by atoms with Crippen molar-refractivity contribution in [2.24, 2.45) is 0 Å². The van der Waals surface area contributed by atoms with Gasteiger partial charge in [-0.25, -0.2) is 9.78 Å². The molecule has 1 aromatic carbocycles. The highest BCUT2D eigenvalue weighted by Crippen LogP contribution is 2.39. The second-order valence-electron chi connectivity index (χ2n) is 8.01. The predicted octanol–water partition coefficient (Wildman–Crippen LogP) is 1.03. The van der Waals surface area contributed by atoms with Crippen LogP contribution in [0, 0.1) is 0 Å². The number of amides is 2. The lowest BCUT2D eigenvalue weighted by molar-refractivity contribution is 0.174. The molecule has 0 unspecified atom stereocenters. The van der Waals surface area contributed by atoms with Gasteiger partial charge in [0.25, 0.3) is 6.01 Å². The molecule has 0 saturated carbocycles. The number of hydrogen-bond acceptors (Lipinski definition) is 9. The molecule has 2 atom stereocenters. The minimum atomic E-state index is -1.81. The molecule has 10 nitrogen and oxygen atoms in total. The summed E-state index contributed by atoms with van der Waals surface area (Å²) in [7, 11) is 18.2. The van der Waals surface area contributed by atoms with E-state index >= 15 is 0 Å². The molecule has 0 spiro atoms. The van der Waals surface area contributed by atoms with Crippen LogP contribution in [0.4, 0.5) is 15.9 Å². The predicted molar refractivity (Wildman–Crippen MR) is 131 cm³/mol. The summed E-state index contributed by atoms with van der Waals surface area (Å²) < 4.78 is 16.8. The zero-order valence-electron chi connectivity index (χ0n) is 18.8. The molecule has 1 aliphatic rings. The number of fused-ring (bicyclic) bond motifs is 2. The summed E-state index contributed by atoms with van der Waals surface area (Å²) in [6, 6.07) is 4.39. The van der Waals surface area contributed by atoms with Crippen LogP contribution in [0.1, 0.15) is 23.5 Å². The van der Waals surface area contributed by atoms with Gasteiger partial charge in [-0.15, -0.1) is 0 Å². The molecule has 0 bridgehead atoms. The lowest BCUT2D eigenvalue weighted by Crippen LogP contribution is -2.38. The van der Waals surface area contributed by atoms with E-state index in [9.17, 15) is 4.79 Å². The lowest BCUT2D eigenvalue weighted by atomic mass is 9.52. The van der Waals surface area contributed by atoms with Crippen molar-refractivity contribution in [3.63, 3.8) is 0 Å². The fourth-order valence-corrected chi connectivity index (χ4v) is 4.73. The minimum Gasteiger partial charge on any atom is -0.516 e. The molecule has 0 saturated heterocycles. The fourth-order valence-electron chi connectivity index (χ4n) is 3.62. The van der Waals surface area contributed by atoms with Gasteiger partial charge >= 0.3 is 6.03 Å². The average Bonchev–Trinajstić information content (AvgIpc) is 3.36. The second-order valence-corrected chi connectivity index (χ2v) is 9.04. The Balaban J connectivity index is 1.58. The summed E-state index contributed by atoms with van der Waals surface area (Å²) in [5.74, 6) is 0.362. The van der Waals surface area contributed by atoms with E-state index in [0.29, 0.717) is 47.6 Å². The Labute approximate surface area is 204 Å². The standard InChI is InChI=1S/C20H22B3N5O5S/c1-10(8-29)24-17(30)27-18-25-12-5-6-28(14(9-31-2)16(12)34-18)19-26-13-7-11(33-20(21,22)23)3-4-15(13)32-19/h3-4,7,10,14,29H,5-6,8-9H2,1-2H3,(H2,24,25,27,30)/t10-,14+/m1/s1. The highest BCUT2D eigenvalue weighted by atomic mass is 32.1. The molecule has 0 aliphatic carbocycles. The van der Waals surface area contributed by atoms with Crippen LogP contribution >= 0.6 is 11.3 Å². The molecular weight excluding hydrogens is 455 g/mol. The van der Waals surface area contributed by atoms with Gasteiger partial charge in [-0.3, -0.25) is 5.32 Å². The van der Waals surface area contributed by atoms with Crippen molar-refractivity contribution < 1.29 is 23.8 Å². The van der Waals surface area contributed by atoms with Crippen molar-refractivity contribution in [1.29, 1.82) is 0 Å². The van der Waals surface area contributed by atoms with Gasteiger partial charge in [-0.1, -0.05) is 11.3 Å². The number of anilines is 2. The number of rotatable bonds is 8. The van der Waals surface area contributed by atoms with Crippen molar-refractivity contribution >= 4 is 63.2 Å². The molecule has 4 rings (SSSR count). The number of oxazole rings is 1. The van der Waals surface area contributed by atoms with E-state index in [1.165, 1.54) is 11.3 Å². The van der Waals surface area contributed by atoms with Crippen LogP contribution in [0.2, 0.25) is 0 Å². The number of thiazole rings is 1. The molecule has 0 fully saturated rings. The van der Waals surface area contributed by atoms with E-state index in [-0.39, 0.29) is 18.7 Å². The monoisotopic (exact) mass is 477 g/mol. The van der Waals surface area contributed by atoms with Crippen molar-refractivity contribution in [3.8, 4) is 5.75 Å². The molecule has 3 N–H and O–H groups in total. The molecule has 2 aromatic heterocycles. The maximum Gasteiger partial charge on any atom is 0.321 e. The molecule has 172 valence electrons. The third-order valence-electron chi connectivity index (χ3n) is 5.08. The lowest BCUT2D eigenvalue weighted by Gasteiger charge is -2.33. The summed E-state index contributed by atoms with van der Waals surface area (Å²) in [6.07, 6.45) is 0.630. The Bertz CT molecular complexity index is 1170. The number of ether oxygens (including phenoxy) is 2. The second kappa shape index (κ2) is 9.89. The van der Waals surface area contributed by atoms with Gasteiger partial charge in [0.15, 0.2) is 10.7 Å². The Hall–Kier alpha value is -2.70. The van der Waals surface area contributed by atoms with Gasteiger partial charge in [0.05, 0.1) is 35.9 Å². The van der Waals surface area contributed by atoms with Crippen molar-refractivity contribution in [3.05, 3.63) is 28.8 Å². The van der Waals surface area contributed by atoms with Crippen molar-refractivity contribution in [2.75, 3.05) is 37.1 Å². The van der Waals surface area contributed by atoms with E-state index in [4.69, 9.17) is 42.5 Å². The molecule has 2 amide bonds. The van der Waals surface area contributed by atoms with Gasteiger partial charge in [0.1, 0.15) is 34.8 Å². The molecule has 1 aliphatic heterocycles. The van der Waals surface area contributed by atoms with Crippen LogP contribution in [-0.4, -0.2) is 82.9 Å². The quantitative estimate of drug-likeness (QED) is 0.412. The van der Waals surface area contributed by atoms with Crippen molar-refractivity contribution in [1.82, 2.24) is 15.3 Å². The zero-order chi connectivity index (χ0) is 24.5. The Morgan fingerprint density at radius 2 is 2.21 bits per heavy atom. The number of benzene rings is 1. The number of aliphatic hydroxyl groups excluding tert-OH is 1. The molecule has 3 aromatic rings. The van der Waals surface area contributed by atoms with E-state index in [1.54, 1.807) is 32.2 Å². The number of urea groups is 1. The number of hydrogen-bond donors (Lipinski definition) is 3. The topological polar surface area (TPSA) is 122 Å². The molecule has 6 radical (unpaired) electrons. The maximum atomic E-state index is 12.1. The number of nitrogens with zero attached hydrogens (tertiary/aromatic N) is 3. The van der Waals surface area contributed by atoms with Crippen LogP contribution in [-0.2, 0) is 11.2 Å². The van der Waals surface area contributed by atoms with Gasteiger partial charge in [0.2, 0.25) is 0 Å². The number of nitrogens with one attached hydrogen (secondary N) is 2. The van der Waals surface area contributed by atoms with E-state index in [2.05, 4.69) is 20.6 Å². The van der Waals surface area contributed by atoms with Crippen LogP contribution < -0.4 is 20.3 Å². The number of methoxy groups -OCH3 is 1. The summed E-state index contributed by atoms with van der Waals surface area (Å²) in [5.41, 5.74) is 1.99. The van der Waals surface area contributed by atoms with Gasteiger partial charge < -0.3 is 29.2 Å².